The standard InChI is InChI=1S/C11H10N2O3S2/c1-6-9(11(15)16)18-8(13-6)5-12-10(14)7-3-2-4-17-7/h2-4H,5H2,1H3,(H,12,14)(H,15,16). The molecule has 0 fully saturated rings. The van der Waals surface area contributed by atoms with E-state index in [1.807, 2.05) is 5.38 Å². The third-order valence-corrected chi connectivity index (χ3v) is 4.19. The van der Waals surface area contributed by atoms with Gasteiger partial charge in [-0.1, -0.05) is 6.07 Å². The van der Waals surface area contributed by atoms with Crippen molar-refractivity contribution in [3.05, 3.63) is 38.0 Å². The van der Waals surface area contributed by atoms with Gasteiger partial charge in [-0.2, -0.15) is 0 Å². The zero-order valence-electron chi connectivity index (χ0n) is 9.47. The van der Waals surface area contributed by atoms with E-state index in [9.17, 15) is 9.59 Å². The first kappa shape index (κ1) is 12.7. The molecule has 0 radical (unpaired) electrons. The van der Waals surface area contributed by atoms with Gasteiger partial charge in [-0.05, 0) is 18.4 Å². The lowest BCUT2D eigenvalue weighted by atomic mass is 10.4. The highest BCUT2D eigenvalue weighted by atomic mass is 32.1. The van der Waals surface area contributed by atoms with Crippen LogP contribution in [0, 0.1) is 6.92 Å². The Morgan fingerprint density at radius 3 is 2.83 bits per heavy atom. The molecule has 18 heavy (non-hydrogen) atoms. The molecule has 0 aliphatic carbocycles. The second kappa shape index (κ2) is 5.28. The van der Waals surface area contributed by atoms with Crippen LogP contribution < -0.4 is 5.32 Å². The number of hydrogen-bond donors (Lipinski definition) is 2. The molecule has 2 aromatic rings. The summed E-state index contributed by atoms with van der Waals surface area (Å²) in [6.45, 7) is 1.89. The van der Waals surface area contributed by atoms with Crippen LogP contribution in [0.1, 0.15) is 30.0 Å². The number of hydrogen-bond acceptors (Lipinski definition) is 5. The second-order valence-corrected chi connectivity index (χ2v) is 5.52. The number of aryl methyl sites for hydroxylation is 1. The lowest BCUT2D eigenvalue weighted by Crippen LogP contribution is -2.21. The average molecular weight is 282 g/mol. The highest BCUT2D eigenvalue weighted by Crippen LogP contribution is 2.18. The number of aromatic carboxylic acids is 1. The van der Waals surface area contributed by atoms with Gasteiger partial charge in [-0.3, -0.25) is 4.79 Å². The fourth-order valence-corrected chi connectivity index (χ4v) is 2.86. The summed E-state index contributed by atoms with van der Waals surface area (Å²) < 4.78 is 0. The van der Waals surface area contributed by atoms with Crippen molar-refractivity contribution < 1.29 is 14.7 Å². The van der Waals surface area contributed by atoms with Crippen LogP contribution in [0.5, 0.6) is 0 Å². The van der Waals surface area contributed by atoms with E-state index in [2.05, 4.69) is 10.3 Å². The van der Waals surface area contributed by atoms with Crippen LogP contribution in [0.4, 0.5) is 0 Å². The number of carbonyl (C=O) groups excluding carboxylic acids is 1. The fourth-order valence-electron chi connectivity index (χ4n) is 1.38. The first-order valence-electron chi connectivity index (χ1n) is 5.09. The van der Waals surface area contributed by atoms with Crippen molar-refractivity contribution in [1.29, 1.82) is 0 Å². The van der Waals surface area contributed by atoms with Gasteiger partial charge < -0.3 is 10.4 Å². The minimum absolute atomic E-state index is 0.172. The summed E-state index contributed by atoms with van der Waals surface area (Å²) >= 11 is 2.44. The summed E-state index contributed by atoms with van der Waals surface area (Å²) in [5, 5.41) is 14.0. The summed E-state index contributed by atoms with van der Waals surface area (Å²) in [4.78, 5) is 27.5. The zero-order chi connectivity index (χ0) is 13.1. The highest BCUT2D eigenvalue weighted by molar-refractivity contribution is 7.13. The summed E-state index contributed by atoms with van der Waals surface area (Å²) in [5.74, 6) is -1.16. The molecule has 5 nitrogen and oxygen atoms in total. The Balaban J connectivity index is 2.01. The SMILES string of the molecule is Cc1nc(CNC(=O)c2cccs2)sc1C(=O)O. The number of aromatic nitrogens is 1. The van der Waals surface area contributed by atoms with E-state index in [0.717, 1.165) is 11.3 Å². The Labute approximate surface area is 111 Å². The number of amides is 1. The number of carboxylic acid groups (broad SMARTS) is 1. The van der Waals surface area contributed by atoms with Crippen LogP contribution in [0.25, 0.3) is 0 Å². The van der Waals surface area contributed by atoms with Gasteiger partial charge in [0.1, 0.15) is 9.88 Å². The van der Waals surface area contributed by atoms with Gasteiger partial charge in [0.2, 0.25) is 0 Å². The number of thiazole rings is 1. The smallest absolute Gasteiger partial charge is 0.347 e. The third kappa shape index (κ3) is 2.74. The maximum atomic E-state index is 11.7. The van der Waals surface area contributed by atoms with E-state index in [1.165, 1.54) is 11.3 Å². The van der Waals surface area contributed by atoms with Gasteiger partial charge in [-0.25, -0.2) is 9.78 Å². The highest BCUT2D eigenvalue weighted by Gasteiger charge is 2.14. The van der Waals surface area contributed by atoms with E-state index < -0.39 is 5.97 Å². The number of carbonyl (C=O) groups is 2. The monoisotopic (exact) mass is 282 g/mol. The number of rotatable bonds is 4. The predicted molar refractivity (Wildman–Crippen MR) is 69.3 cm³/mol. The lowest BCUT2D eigenvalue weighted by Gasteiger charge is -1.99. The van der Waals surface area contributed by atoms with Crippen molar-refractivity contribution in [2.75, 3.05) is 0 Å². The summed E-state index contributed by atoms with van der Waals surface area (Å²) in [6.07, 6.45) is 0. The molecule has 0 aliphatic rings. The topological polar surface area (TPSA) is 79.3 Å². The van der Waals surface area contributed by atoms with Gasteiger partial charge in [0.05, 0.1) is 17.1 Å². The van der Waals surface area contributed by atoms with E-state index in [1.54, 1.807) is 19.1 Å². The molecule has 1 amide bonds. The summed E-state index contributed by atoms with van der Waals surface area (Å²) in [7, 11) is 0. The fraction of sp³-hybridized carbons (Fsp3) is 0.182. The Hall–Kier alpha value is -1.73. The minimum Gasteiger partial charge on any atom is -0.477 e. The van der Waals surface area contributed by atoms with Gasteiger partial charge in [0.25, 0.3) is 5.91 Å². The molecule has 2 aromatic heterocycles. The number of carboxylic acids is 1. The van der Waals surface area contributed by atoms with E-state index in [4.69, 9.17) is 5.11 Å². The van der Waals surface area contributed by atoms with Gasteiger partial charge in [-0.15, -0.1) is 22.7 Å². The number of nitrogens with zero attached hydrogens (tertiary/aromatic N) is 1. The normalized spacial score (nSPS) is 10.3. The molecule has 94 valence electrons. The maximum Gasteiger partial charge on any atom is 0.347 e. The van der Waals surface area contributed by atoms with Crippen molar-refractivity contribution in [2.24, 2.45) is 0 Å². The first-order valence-corrected chi connectivity index (χ1v) is 6.79. The van der Waals surface area contributed by atoms with E-state index in [0.29, 0.717) is 15.6 Å². The molecular weight excluding hydrogens is 272 g/mol. The van der Waals surface area contributed by atoms with Crippen molar-refractivity contribution in [3.8, 4) is 0 Å². The van der Waals surface area contributed by atoms with Gasteiger partial charge in [0.15, 0.2) is 0 Å². The molecule has 2 N–H and O–H groups in total. The van der Waals surface area contributed by atoms with E-state index >= 15 is 0 Å². The molecular formula is C11H10N2O3S2. The third-order valence-electron chi connectivity index (χ3n) is 2.18. The molecule has 0 aliphatic heterocycles. The van der Waals surface area contributed by atoms with Gasteiger partial charge >= 0.3 is 5.97 Å². The summed E-state index contributed by atoms with van der Waals surface area (Å²) in [6, 6.07) is 3.53. The molecule has 2 heterocycles. The lowest BCUT2D eigenvalue weighted by molar-refractivity contribution is 0.0701. The quantitative estimate of drug-likeness (QED) is 0.900. The molecule has 0 aromatic carbocycles. The van der Waals surface area contributed by atoms with Crippen LogP contribution in [0.15, 0.2) is 17.5 Å². The molecule has 0 saturated carbocycles. The van der Waals surface area contributed by atoms with Crippen molar-refractivity contribution in [2.45, 2.75) is 13.5 Å². The van der Waals surface area contributed by atoms with Crippen LogP contribution in [-0.4, -0.2) is 22.0 Å². The molecule has 0 unspecified atom stereocenters. The Morgan fingerprint density at radius 1 is 1.50 bits per heavy atom. The van der Waals surface area contributed by atoms with Crippen molar-refractivity contribution in [1.82, 2.24) is 10.3 Å². The molecule has 0 saturated heterocycles. The van der Waals surface area contributed by atoms with E-state index in [-0.39, 0.29) is 17.3 Å². The predicted octanol–water partition coefficient (Wildman–Crippen LogP) is 2.14. The first-order chi connectivity index (χ1) is 8.58. The molecule has 7 heteroatoms. The Kier molecular flexibility index (Phi) is 3.73. The number of nitrogens with one attached hydrogen (secondary N) is 1. The maximum absolute atomic E-state index is 11.7. The summed E-state index contributed by atoms with van der Waals surface area (Å²) in [5.41, 5.74) is 0.480. The van der Waals surface area contributed by atoms with Crippen molar-refractivity contribution >= 4 is 34.6 Å². The van der Waals surface area contributed by atoms with Crippen LogP contribution in [-0.2, 0) is 6.54 Å². The molecule has 0 spiro atoms. The Morgan fingerprint density at radius 2 is 2.28 bits per heavy atom. The molecule has 0 bridgehead atoms. The zero-order valence-corrected chi connectivity index (χ0v) is 11.1. The Bertz CT molecular complexity index is 575. The van der Waals surface area contributed by atoms with Gasteiger partial charge in [0, 0.05) is 0 Å². The second-order valence-electron chi connectivity index (χ2n) is 3.49. The van der Waals surface area contributed by atoms with Crippen molar-refractivity contribution in [3.63, 3.8) is 0 Å². The molecule has 0 atom stereocenters. The van der Waals surface area contributed by atoms with Crippen LogP contribution in [0.2, 0.25) is 0 Å². The molecule has 2 rings (SSSR count). The number of thiophene rings is 1. The minimum atomic E-state index is -0.985. The average Bonchev–Trinajstić information content (AvgIpc) is 2.94. The van der Waals surface area contributed by atoms with Crippen LogP contribution >= 0.6 is 22.7 Å². The largest absolute Gasteiger partial charge is 0.477 e. The van der Waals surface area contributed by atoms with Crippen LogP contribution in [0.3, 0.4) is 0 Å².